The molecule has 9 nitrogen and oxygen atoms in total. The number of amides is 2. The summed E-state index contributed by atoms with van der Waals surface area (Å²) in [5.41, 5.74) is 5.02. The Balaban J connectivity index is 1.72. The zero-order chi connectivity index (χ0) is 17.6. The summed E-state index contributed by atoms with van der Waals surface area (Å²) in [5.74, 6) is -3.49. The van der Waals surface area contributed by atoms with Gasteiger partial charge in [-0.2, -0.15) is 0 Å². The van der Waals surface area contributed by atoms with Crippen LogP contribution in [0.3, 0.4) is 0 Å². The summed E-state index contributed by atoms with van der Waals surface area (Å²) in [6, 6.07) is -0.982. The van der Waals surface area contributed by atoms with E-state index in [1.165, 1.54) is 17.8 Å². The molecule has 1 aromatic heterocycles. The van der Waals surface area contributed by atoms with E-state index in [-0.39, 0.29) is 20.9 Å². The number of carboxylic acid groups (broad SMARTS) is 1. The largest absolute Gasteiger partial charge is 0.477 e. The Hall–Kier alpha value is -2.11. The van der Waals surface area contributed by atoms with Crippen molar-refractivity contribution in [3.63, 3.8) is 0 Å². The molecule has 24 heavy (non-hydrogen) atoms. The number of nitrogens with one attached hydrogen (secondary N) is 1. The number of aliphatic carboxylic acids is 1. The number of nitrogens with two attached hydrogens (primary N) is 1. The number of aromatic nitrogens is 1. The fourth-order valence-corrected chi connectivity index (χ4v) is 4.43. The van der Waals surface area contributed by atoms with Gasteiger partial charge in [0.05, 0.1) is 0 Å². The van der Waals surface area contributed by atoms with Gasteiger partial charge in [0.2, 0.25) is 0 Å². The molecule has 0 radical (unpaired) electrons. The normalized spacial score (nSPS) is 22.3. The van der Waals surface area contributed by atoms with Crippen LogP contribution in [-0.2, 0) is 14.4 Å². The van der Waals surface area contributed by atoms with Crippen LogP contribution in [0.15, 0.2) is 11.8 Å². The number of β-lactam (4-membered cyclic amide) rings is 1. The molecule has 0 bridgehead atoms. The number of halogens is 1. The maximum absolute atomic E-state index is 12.1. The second kappa shape index (κ2) is 6.07. The molecule has 0 unspecified atom stereocenters. The number of thiazole rings is 1. The molecule has 2 atom stereocenters. The second-order valence-corrected chi connectivity index (χ2v) is 7.56. The zero-order valence-corrected chi connectivity index (χ0v) is 14.1. The number of fused-ring (bicyclic) bond motifs is 1. The molecule has 2 aliphatic rings. The lowest BCUT2D eigenvalue weighted by Gasteiger charge is -2.48. The number of carbonyl (C=O) groups is 4. The van der Waals surface area contributed by atoms with E-state index in [0.717, 1.165) is 16.2 Å². The third kappa shape index (κ3) is 2.64. The summed E-state index contributed by atoms with van der Waals surface area (Å²) in [7, 11) is 0. The highest BCUT2D eigenvalue weighted by atomic mass is 35.5. The van der Waals surface area contributed by atoms with Gasteiger partial charge in [-0.25, -0.2) is 9.78 Å². The van der Waals surface area contributed by atoms with Crippen molar-refractivity contribution < 1.29 is 24.3 Å². The van der Waals surface area contributed by atoms with Gasteiger partial charge in [0.25, 0.3) is 17.6 Å². The van der Waals surface area contributed by atoms with E-state index in [0.29, 0.717) is 5.75 Å². The highest BCUT2D eigenvalue weighted by molar-refractivity contribution is 8.00. The van der Waals surface area contributed by atoms with Gasteiger partial charge >= 0.3 is 5.97 Å². The summed E-state index contributed by atoms with van der Waals surface area (Å²) in [6.45, 7) is 0. The van der Waals surface area contributed by atoms with Gasteiger partial charge in [0.15, 0.2) is 5.13 Å². The molecule has 4 N–H and O–H groups in total. The van der Waals surface area contributed by atoms with Crippen molar-refractivity contribution in [2.24, 2.45) is 0 Å². The van der Waals surface area contributed by atoms with Crippen molar-refractivity contribution in [1.29, 1.82) is 0 Å². The van der Waals surface area contributed by atoms with Crippen molar-refractivity contribution in [1.82, 2.24) is 15.2 Å². The van der Waals surface area contributed by atoms with E-state index < -0.39 is 35.0 Å². The molecule has 1 fully saturated rings. The SMILES string of the molecule is Nc1nc(C(=O)C(=O)N[C@@H]2C(=O)N3C(C(=O)O)=CCS[C@@H]23)c(Cl)s1. The Kier molecular flexibility index (Phi) is 4.24. The molecule has 1 saturated heterocycles. The Bertz CT molecular complexity index is 807. The molecular weight excluding hydrogens is 380 g/mol. The molecule has 126 valence electrons. The fourth-order valence-electron chi connectivity index (χ4n) is 2.31. The number of nitrogens with zero attached hydrogens (tertiary/aromatic N) is 2. The molecule has 0 saturated carbocycles. The van der Waals surface area contributed by atoms with Crippen molar-refractivity contribution in [3.8, 4) is 0 Å². The van der Waals surface area contributed by atoms with Crippen LogP contribution in [0.25, 0.3) is 0 Å². The van der Waals surface area contributed by atoms with Crippen LogP contribution < -0.4 is 11.1 Å². The van der Waals surface area contributed by atoms with Crippen LogP contribution in [0.5, 0.6) is 0 Å². The van der Waals surface area contributed by atoms with E-state index >= 15 is 0 Å². The highest BCUT2D eigenvalue weighted by Gasteiger charge is 2.53. The van der Waals surface area contributed by atoms with Crippen LogP contribution in [0.4, 0.5) is 5.13 Å². The summed E-state index contributed by atoms with van der Waals surface area (Å²) in [4.78, 5) is 52.1. The van der Waals surface area contributed by atoms with E-state index in [9.17, 15) is 19.2 Å². The second-order valence-electron chi connectivity index (χ2n) is 4.78. The van der Waals surface area contributed by atoms with E-state index in [1.54, 1.807) is 0 Å². The minimum atomic E-state index is -1.22. The molecule has 2 aliphatic heterocycles. The zero-order valence-electron chi connectivity index (χ0n) is 11.7. The molecule has 0 spiro atoms. The van der Waals surface area contributed by atoms with Crippen molar-refractivity contribution >= 4 is 63.4 Å². The summed E-state index contributed by atoms with van der Waals surface area (Å²) < 4.78 is -0.0163. The molecule has 3 heterocycles. The van der Waals surface area contributed by atoms with Crippen LogP contribution in [0.2, 0.25) is 4.34 Å². The first kappa shape index (κ1) is 16.7. The van der Waals surface area contributed by atoms with E-state index in [4.69, 9.17) is 22.4 Å². The number of rotatable bonds is 4. The average Bonchev–Trinajstić information content (AvgIpc) is 2.88. The average molecular weight is 389 g/mol. The van der Waals surface area contributed by atoms with Gasteiger partial charge in [-0.3, -0.25) is 19.3 Å². The molecule has 3 rings (SSSR count). The number of ketones is 1. The predicted molar refractivity (Wildman–Crippen MR) is 86.6 cm³/mol. The van der Waals surface area contributed by atoms with Crippen molar-refractivity contribution in [3.05, 3.63) is 21.8 Å². The Morgan fingerprint density at radius 3 is 2.75 bits per heavy atom. The number of nitrogen functional groups attached to an aromatic ring is 1. The maximum Gasteiger partial charge on any atom is 0.352 e. The molecule has 0 aromatic carbocycles. The van der Waals surface area contributed by atoms with E-state index in [2.05, 4.69) is 10.3 Å². The highest BCUT2D eigenvalue weighted by Crippen LogP contribution is 2.37. The third-order valence-corrected chi connectivity index (χ3v) is 5.64. The Morgan fingerprint density at radius 2 is 2.17 bits per heavy atom. The topological polar surface area (TPSA) is 143 Å². The molecule has 0 aliphatic carbocycles. The van der Waals surface area contributed by atoms with Gasteiger partial charge in [-0.15, -0.1) is 11.8 Å². The minimum absolute atomic E-state index is 0.0163. The third-order valence-electron chi connectivity index (χ3n) is 3.38. The smallest absolute Gasteiger partial charge is 0.352 e. The number of thioether (sulfide) groups is 1. The van der Waals surface area contributed by atoms with Gasteiger partial charge in [-0.05, 0) is 6.08 Å². The lowest BCUT2D eigenvalue weighted by atomic mass is 10.0. The maximum atomic E-state index is 12.1. The Morgan fingerprint density at radius 1 is 1.46 bits per heavy atom. The van der Waals surface area contributed by atoms with Crippen molar-refractivity contribution in [2.45, 2.75) is 11.4 Å². The Labute approximate surface area is 147 Å². The number of hydrogen-bond acceptors (Lipinski definition) is 8. The minimum Gasteiger partial charge on any atom is -0.477 e. The lowest BCUT2D eigenvalue weighted by molar-refractivity contribution is -0.150. The quantitative estimate of drug-likeness (QED) is 0.369. The number of carboxylic acids is 1. The molecule has 1 aromatic rings. The van der Waals surface area contributed by atoms with Crippen molar-refractivity contribution in [2.75, 3.05) is 11.5 Å². The molecule has 2 amide bonds. The number of hydrogen-bond donors (Lipinski definition) is 3. The van der Waals surface area contributed by atoms with Crippen LogP contribution in [0.1, 0.15) is 10.5 Å². The number of carbonyl (C=O) groups excluding carboxylic acids is 3. The number of Topliss-reactive ketones (excluding diaryl/α,β-unsaturated/α-hetero) is 1. The van der Waals surface area contributed by atoms with Gasteiger partial charge < -0.3 is 16.2 Å². The van der Waals surface area contributed by atoms with Gasteiger partial charge in [0.1, 0.15) is 27.1 Å². The van der Waals surface area contributed by atoms with Gasteiger partial charge in [0, 0.05) is 5.75 Å². The summed E-state index contributed by atoms with van der Waals surface area (Å²) in [6.07, 6.45) is 1.42. The fraction of sp³-hybridized carbons (Fsp3) is 0.250. The standard InChI is InChI=1S/C12H9ClN4O5S2/c13-7-4(16-12(14)24-7)6(18)8(19)15-5-9(20)17-3(11(21)22)1-2-23-10(5)17/h1,5,10H,2H2,(H2,14,16)(H,15,19)(H,21,22)/t5-,10+/m1/s1. The van der Waals surface area contributed by atoms with Gasteiger partial charge in [-0.1, -0.05) is 22.9 Å². The monoisotopic (exact) mass is 388 g/mol. The van der Waals surface area contributed by atoms with Crippen LogP contribution in [0, 0.1) is 0 Å². The van der Waals surface area contributed by atoms with Crippen LogP contribution in [-0.4, -0.2) is 55.7 Å². The first-order valence-corrected chi connectivity index (χ1v) is 8.70. The first-order chi connectivity index (χ1) is 11.3. The molecular formula is C12H9ClN4O5S2. The van der Waals surface area contributed by atoms with Crippen LogP contribution >= 0.6 is 34.7 Å². The summed E-state index contributed by atoms with van der Waals surface area (Å²) >= 11 is 7.92. The first-order valence-electron chi connectivity index (χ1n) is 6.46. The predicted octanol–water partition coefficient (Wildman–Crippen LogP) is -0.0702. The van der Waals surface area contributed by atoms with E-state index in [1.807, 2.05) is 0 Å². The molecule has 12 heteroatoms. The summed E-state index contributed by atoms with van der Waals surface area (Å²) in [5, 5.41) is 10.8. The lowest BCUT2D eigenvalue weighted by Crippen LogP contribution is -2.70. The number of anilines is 1.